The van der Waals surface area contributed by atoms with Crippen LogP contribution in [-0.4, -0.2) is 23.2 Å². The van der Waals surface area contributed by atoms with Crippen LogP contribution in [0.15, 0.2) is 22.7 Å². The number of hydrogen-bond acceptors (Lipinski definition) is 3. The lowest BCUT2D eigenvalue weighted by Crippen LogP contribution is -2.08. The largest absolute Gasteiger partial charge is 0.395 e. The van der Waals surface area contributed by atoms with E-state index < -0.39 is 0 Å². The van der Waals surface area contributed by atoms with Gasteiger partial charge in [-0.25, -0.2) is 0 Å². The highest BCUT2D eigenvalue weighted by Crippen LogP contribution is 2.29. The highest BCUT2D eigenvalue weighted by Gasteiger charge is 2.09. The second-order valence-electron chi connectivity index (χ2n) is 4.01. The summed E-state index contributed by atoms with van der Waals surface area (Å²) in [6.45, 7) is 4.71. The molecule has 2 N–H and O–H groups in total. The van der Waals surface area contributed by atoms with Crippen molar-refractivity contribution in [1.29, 1.82) is 0 Å². The number of fused-ring (bicyclic) bond motifs is 1. The molecule has 0 fully saturated rings. The molecule has 17 heavy (non-hydrogen) atoms. The summed E-state index contributed by atoms with van der Waals surface area (Å²) in [4.78, 5) is 4.56. The third-order valence-corrected chi connectivity index (χ3v) is 3.34. The molecule has 0 unspecified atom stereocenters. The lowest BCUT2D eigenvalue weighted by atomic mass is 10.1. The highest BCUT2D eigenvalue weighted by molar-refractivity contribution is 9.10. The van der Waals surface area contributed by atoms with Crippen molar-refractivity contribution in [3.05, 3.63) is 33.9 Å². The number of hydrogen-bond donors (Lipinski definition) is 2. The van der Waals surface area contributed by atoms with Gasteiger partial charge in [0.25, 0.3) is 0 Å². The van der Waals surface area contributed by atoms with Crippen molar-refractivity contribution < 1.29 is 5.11 Å². The van der Waals surface area contributed by atoms with Crippen molar-refractivity contribution in [1.82, 2.24) is 4.98 Å². The van der Waals surface area contributed by atoms with Crippen LogP contribution in [0.5, 0.6) is 0 Å². The molecule has 1 aromatic heterocycles. The summed E-state index contributed by atoms with van der Waals surface area (Å²) in [7, 11) is 0. The fraction of sp³-hybridized carbons (Fsp3) is 0.308. The Balaban J connectivity index is 2.66. The van der Waals surface area contributed by atoms with E-state index in [1.165, 1.54) is 0 Å². The van der Waals surface area contributed by atoms with Crippen LogP contribution < -0.4 is 5.32 Å². The molecule has 2 aromatic rings. The molecular weight excluding hydrogens is 280 g/mol. The lowest BCUT2D eigenvalue weighted by Gasteiger charge is -2.14. The summed E-state index contributed by atoms with van der Waals surface area (Å²) in [5, 5.41) is 13.3. The first kappa shape index (κ1) is 12.3. The maximum absolute atomic E-state index is 8.93. The van der Waals surface area contributed by atoms with Gasteiger partial charge in [-0.05, 0) is 37.6 Å². The van der Waals surface area contributed by atoms with E-state index in [4.69, 9.17) is 5.11 Å². The Bertz CT molecular complexity index is 555. The van der Waals surface area contributed by atoms with Crippen molar-refractivity contribution in [3.8, 4) is 0 Å². The molecule has 2 rings (SSSR count). The van der Waals surface area contributed by atoms with Gasteiger partial charge in [0.05, 0.1) is 12.1 Å². The van der Waals surface area contributed by atoms with E-state index >= 15 is 0 Å². The average molecular weight is 295 g/mol. The number of benzene rings is 1. The van der Waals surface area contributed by atoms with E-state index in [9.17, 15) is 0 Å². The summed E-state index contributed by atoms with van der Waals surface area (Å²) in [6.07, 6.45) is 0. The zero-order valence-corrected chi connectivity index (χ0v) is 11.5. The maximum Gasteiger partial charge on any atom is 0.0726 e. The van der Waals surface area contributed by atoms with Crippen molar-refractivity contribution >= 4 is 32.5 Å². The molecule has 90 valence electrons. The molecule has 0 amide bonds. The molecule has 0 saturated heterocycles. The Labute approximate surface area is 109 Å². The molecule has 0 bridgehead atoms. The number of pyridine rings is 1. The first-order valence-corrected chi connectivity index (χ1v) is 6.34. The molecule has 1 heterocycles. The number of aryl methyl sites for hydroxylation is 1. The quantitative estimate of drug-likeness (QED) is 0.915. The number of rotatable bonds is 3. The second-order valence-corrected chi connectivity index (χ2v) is 4.92. The zero-order chi connectivity index (χ0) is 12.4. The molecule has 0 atom stereocenters. The van der Waals surface area contributed by atoms with Crippen LogP contribution in [0.3, 0.4) is 0 Å². The average Bonchev–Trinajstić information content (AvgIpc) is 2.31. The minimum Gasteiger partial charge on any atom is -0.395 e. The molecule has 0 aliphatic heterocycles. The summed E-state index contributed by atoms with van der Waals surface area (Å²) in [6, 6.07) is 6.03. The van der Waals surface area contributed by atoms with Gasteiger partial charge in [0.1, 0.15) is 0 Å². The van der Waals surface area contributed by atoms with Gasteiger partial charge < -0.3 is 10.4 Å². The summed E-state index contributed by atoms with van der Waals surface area (Å²) in [5.74, 6) is 0. The molecule has 0 aliphatic rings. The number of nitrogens with zero attached hydrogens (tertiary/aromatic N) is 1. The SMILES string of the molecule is Cc1nc2ccc(Br)cc2c(NCCO)c1C. The van der Waals surface area contributed by atoms with Crippen LogP contribution in [0.25, 0.3) is 10.9 Å². The Hall–Kier alpha value is -1.13. The molecular formula is C13H15BrN2O. The van der Waals surface area contributed by atoms with E-state index in [0.29, 0.717) is 6.54 Å². The van der Waals surface area contributed by atoms with E-state index in [-0.39, 0.29) is 6.61 Å². The van der Waals surface area contributed by atoms with Crippen molar-refractivity contribution in [2.24, 2.45) is 0 Å². The minimum atomic E-state index is 0.121. The fourth-order valence-electron chi connectivity index (χ4n) is 1.86. The Morgan fingerprint density at radius 2 is 2.12 bits per heavy atom. The van der Waals surface area contributed by atoms with Gasteiger partial charge in [0.2, 0.25) is 0 Å². The first-order chi connectivity index (χ1) is 8.13. The minimum absolute atomic E-state index is 0.121. The summed E-state index contributed by atoms with van der Waals surface area (Å²) < 4.78 is 1.03. The third-order valence-electron chi connectivity index (χ3n) is 2.85. The number of aliphatic hydroxyl groups excluding tert-OH is 1. The zero-order valence-electron chi connectivity index (χ0n) is 9.92. The van der Waals surface area contributed by atoms with Gasteiger partial charge in [-0.3, -0.25) is 4.98 Å². The molecule has 1 aromatic carbocycles. The number of anilines is 1. The molecule has 0 saturated carbocycles. The Morgan fingerprint density at radius 3 is 2.82 bits per heavy atom. The van der Waals surface area contributed by atoms with Crippen LogP contribution in [0.2, 0.25) is 0 Å². The van der Waals surface area contributed by atoms with Gasteiger partial charge >= 0.3 is 0 Å². The van der Waals surface area contributed by atoms with Gasteiger partial charge in [-0.1, -0.05) is 15.9 Å². The Morgan fingerprint density at radius 1 is 1.35 bits per heavy atom. The predicted octanol–water partition coefficient (Wildman–Crippen LogP) is 3.02. The normalized spacial score (nSPS) is 10.8. The standard InChI is InChI=1S/C13H15BrN2O/c1-8-9(2)16-12-4-3-10(14)7-11(12)13(8)15-5-6-17/h3-4,7,17H,5-6H2,1-2H3,(H,15,16). The number of aliphatic hydroxyl groups is 1. The molecule has 0 radical (unpaired) electrons. The monoisotopic (exact) mass is 294 g/mol. The number of halogens is 1. The number of aromatic nitrogens is 1. The molecule has 0 spiro atoms. The van der Waals surface area contributed by atoms with Gasteiger partial charge in [-0.15, -0.1) is 0 Å². The topological polar surface area (TPSA) is 45.2 Å². The van der Waals surface area contributed by atoms with E-state index in [2.05, 4.69) is 32.3 Å². The molecule has 4 heteroatoms. The van der Waals surface area contributed by atoms with Gasteiger partial charge in [0, 0.05) is 27.8 Å². The van der Waals surface area contributed by atoms with Crippen LogP contribution >= 0.6 is 15.9 Å². The predicted molar refractivity (Wildman–Crippen MR) is 74.5 cm³/mol. The van der Waals surface area contributed by atoms with Crippen LogP contribution in [0.1, 0.15) is 11.3 Å². The second kappa shape index (κ2) is 5.02. The highest BCUT2D eigenvalue weighted by atomic mass is 79.9. The van der Waals surface area contributed by atoms with Crippen molar-refractivity contribution in [2.75, 3.05) is 18.5 Å². The van der Waals surface area contributed by atoms with E-state index in [1.54, 1.807) is 0 Å². The smallest absolute Gasteiger partial charge is 0.0726 e. The summed E-state index contributed by atoms with van der Waals surface area (Å²) in [5.41, 5.74) is 4.17. The number of nitrogens with one attached hydrogen (secondary N) is 1. The van der Waals surface area contributed by atoms with E-state index in [1.807, 2.05) is 26.0 Å². The maximum atomic E-state index is 8.93. The van der Waals surface area contributed by atoms with E-state index in [0.717, 1.165) is 32.3 Å². The first-order valence-electron chi connectivity index (χ1n) is 5.54. The third kappa shape index (κ3) is 2.42. The molecule has 3 nitrogen and oxygen atoms in total. The van der Waals surface area contributed by atoms with Crippen molar-refractivity contribution in [3.63, 3.8) is 0 Å². The molecule has 0 aliphatic carbocycles. The van der Waals surface area contributed by atoms with Crippen LogP contribution in [-0.2, 0) is 0 Å². The van der Waals surface area contributed by atoms with Gasteiger partial charge in [-0.2, -0.15) is 0 Å². The lowest BCUT2D eigenvalue weighted by molar-refractivity contribution is 0.311. The summed E-state index contributed by atoms with van der Waals surface area (Å²) >= 11 is 3.47. The van der Waals surface area contributed by atoms with Crippen LogP contribution in [0.4, 0.5) is 5.69 Å². The van der Waals surface area contributed by atoms with Gasteiger partial charge in [0.15, 0.2) is 0 Å². The van der Waals surface area contributed by atoms with Crippen LogP contribution in [0, 0.1) is 13.8 Å². The van der Waals surface area contributed by atoms with Crippen molar-refractivity contribution in [2.45, 2.75) is 13.8 Å². The Kier molecular flexibility index (Phi) is 3.64. The fourth-order valence-corrected chi connectivity index (χ4v) is 2.22.